The van der Waals surface area contributed by atoms with Crippen LogP contribution in [-0.2, 0) is 6.42 Å². The molecule has 1 heterocycles. The molecule has 102 valence electrons. The fourth-order valence-electron chi connectivity index (χ4n) is 2.03. The molecule has 3 aromatic rings. The smallest absolute Gasteiger partial charge is 0.137 e. The van der Waals surface area contributed by atoms with E-state index in [0.29, 0.717) is 10.9 Å². The Labute approximate surface area is 133 Å². The summed E-state index contributed by atoms with van der Waals surface area (Å²) in [6.07, 6.45) is 0.586. The minimum Gasteiger partial charge on any atom is -0.241 e. The SMILES string of the molecule is Fc1cccc(C(Cl)Cc2nc3ccccc3s2)c1Br. The van der Waals surface area contributed by atoms with Gasteiger partial charge in [0.1, 0.15) is 5.82 Å². The van der Waals surface area contributed by atoms with Crippen LogP contribution >= 0.6 is 38.9 Å². The summed E-state index contributed by atoms with van der Waals surface area (Å²) < 4.78 is 15.1. The van der Waals surface area contributed by atoms with E-state index in [0.717, 1.165) is 20.8 Å². The third kappa shape index (κ3) is 2.73. The van der Waals surface area contributed by atoms with E-state index in [2.05, 4.69) is 20.9 Å². The Morgan fingerprint density at radius 2 is 2.00 bits per heavy atom. The molecule has 0 saturated carbocycles. The van der Waals surface area contributed by atoms with Gasteiger partial charge in [0.05, 0.1) is 25.1 Å². The zero-order valence-electron chi connectivity index (χ0n) is 10.3. The molecule has 1 aromatic heterocycles. The van der Waals surface area contributed by atoms with Gasteiger partial charge in [-0.3, -0.25) is 0 Å². The molecule has 0 aliphatic heterocycles. The zero-order valence-corrected chi connectivity index (χ0v) is 13.5. The van der Waals surface area contributed by atoms with Gasteiger partial charge in [-0.25, -0.2) is 9.37 Å². The molecule has 0 radical (unpaired) electrons. The fraction of sp³-hybridized carbons (Fsp3) is 0.133. The van der Waals surface area contributed by atoms with Crippen molar-refractivity contribution in [3.63, 3.8) is 0 Å². The Hall–Kier alpha value is -0.970. The van der Waals surface area contributed by atoms with Gasteiger partial charge in [-0.2, -0.15) is 0 Å². The Bertz CT molecular complexity index is 725. The molecule has 5 heteroatoms. The van der Waals surface area contributed by atoms with Crippen LogP contribution in [0.25, 0.3) is 10.2 Å². The van der Waals surface area contributed by atoms with Crippen molar-refractivity contribution >= 4 is 49.1 Å². The van der Waals surface area contributed by atoms with Gasteiger partial charge in [0.15, 0.2) is 0 Å². The molecule has 0 saturated heterocycles. The maximum Gasteiger partial charge on any atom is 0.137 e. The van der Waals surface area contributed by atoms with E-state index in [9.17, 15) is 4.39 Å². The Morgan fingerprint density at radius 3 is 2.80 bits per heavy atom. The molecule has 20 heavy (non-hydrogen) atoms. The molecule has 0 bridgehead atoms. The first-order valence-corrected chi connectivity index (χ1v) is 8.12. The van der Waals surface area contributed by atoms with E-state index in [4.69, 9.17) is 11.6 Å². The van der Waals surface area contributed by atoms with Gasteiger partial charge >= 0.3 is 0 Å². The first kappa shape index (κ1) is 14.0. The second-order valence-corrected chi connectivity index (χ2v) is 6.83. The summed E-state index contributed by atoms with van der Waals surface area (Å²) in [5.41, 5.74) is 1.74. The second-order valence-electron chi connectivity index (χ2n) is 4.39. The van der Waals surface area contributed by atoms with Crippen molar-refractivity contribution in [2.24, 2.45) is 0 Å². The highest BCUT2D eigenvalue weighted by molar-refractivity contribution is 9.10. The van der Waals surface area contributed by atoms with Crippen LogP contribution < -0.4 is 0 Å². The van der Waals surface area contributed by atoms with E-state index in [-0.39, 0.29) is 11.2 Å². The number of halogens is 3. The van der Waals surface area contributed by atoms with Gasteiger partial charge < -0.3 is 0 Å². The summed E-state index contributed by atoms with van der Waals surface area (Å²) in [4.78, 5) is 4.56. The quantitative estimate of drug-likeness (QED) is 0.537. The topological polar surface area (TPSA) is 12.9 Å². The van der Waals surface area contributed by atoms with Crippen molar-refractivity contribution in [3.8, 4) is 0 Å². The standard InChI is InChI=1S/C15H10BrClFNS/c16-15-9(4-3-5-11(15)18)10(17)8-14-19-12-6-1-2-7-13(12)20-14/h1-7,10H,8H2. The van der Waals surface area contributed by atoms with Crippen molar-refractivity contribution in [2.75, 3.05) is 0 Å². The van der Waals surface area contributed by atoms with Crippen molar-refractivity contribution in [1.82, 2.24) is 4.98 Å². The molecule has 0 spiro atoms. The number of benzene rings is 2. The van der Waals surface area contributed by atoms with E-state index in [1.165, 1.54) is 6.07 Å². The second kappa shape index (κ2) is 5.80. The van der Waals surface area contributed by atoms with Crippen LogP contribution in [0.2, 0.25) is 0 Å². The third-order valence-electron chi connectivity index (χ3n) is 3.01. The van der Waals surface area contributed by atoms with Crippen LogP contribution in [0.1, 0.15) is 15.9 Å². The Kier molecular flexibility index (Phi) is 4.06. The van der Waals surface area contributed by atoms with Gasteiger partial charge in [-0.1, -0.05) is 24.3 Å². The number of fused-ring (bicyclic) bond motifs is 1. The van der Waals surface area contributed by atoms with Gasteiger partial charge in [0, 0.05) is 6.42 Å². The fourth-order valence-corrected chi connectivity index (χ4v) is 4.14. The number of thiazole rings is 1. The predicted molar refractivity (Wildman–Crippen MR) is 86.0 cm³/mol. The maximum absolute atomic E-state index is 13.5. The lowest BCUT2D eigenvalue weighted by atomic mass is 10.1. The summed E-state index contributed by atoms with van der Waals surface area (Å²) in [7, 11) is 0. The zero-order chi connectivity index (χ0) is 14.1. The molecule has 2 aromatic carbocycles. The summed E-state index contributed by atoms with van der Waals surface area (Å²) in [6.45, 7) is 0. The maximum atomic E-state index is 13.5. The van der Waals surface area contributed by atoms with Crippen molar-refractivity contribution < 1.29 is 4.39 Å². The molecule has 0 fully saturated rings. The van der Waals surface area contributed by atoms with Crippen LogP contribution in [-0.4, -0.2) is 4.98 Å². The summed E-state index contributed by atoms with van der Waals surface area (Å²) in [5, 5.41) is 0.656. The molecule has 0 N–H and O–H groups in total. The third-order valence-corrected chi connectivity index (χ3v) is 5.30. The van der Waals surface area contributed by atoms with Crippen molar-refractivity contribution in [2.45, 2.75) is 11.8 Å². The Balaban J connectivity index is 1.88. The minimum absolute atomic E-state index is 0.294. The normalized spacial score (nSPS) is 12.8. The summed E-state index contributed by atoms with van der Waals surface area (Å²) in [6, 6.07) is 12.9. The van der Waals surface area contributed by atoms with E-state index >= 15 is 0 Å². The highest BCUT2D eigenvalue weighted by Crippen LogP contribution is 2.34. The average Bonchev–Trinajstić information content (AvgIpc) is 2.83. The van der Waals surface area contributed by atoms with E-state index < -0.39 is 0 Å². The lowest BCUT2D eigenvalue weighted by Gasteiger charge is -2.10. The Morgan fingerprint density at radius 1 is 1.20 bits per heavy atom. The van der Waals surface area contributed by atoms with Crippen molar-refractivity contribution in [3.05, 3.63) is 63.3 Å². The van der Waals surface area contributed by atoms with Crippen LogP contribution in [0.5, 0.6) is 0 Å². The average molecular weight is 371 g/mol. The van der Waals surface area contributed by atoms with Gasteiger partial charge in [-0.05, 0) is 39.7 Å². The number of hydrogen-bond acceptors (Lipinski definition) is 2. The molecule has 3 rings (SSSR count). The van der Waals surface area contributed by atoms with Crippen molar-refractivity contribution in [1.29, 1.82) is 0 Å². The van der Waals surface area contributed by atoms with Crippen LogP contribution in [0.15, 0.2) is 46.9 Å². The molecule has 0 aliphatic rings. The largest absolute Gasteiger partial charge is 0.241 e. The molecule has 0 amide bonds. The van der Waals surface area contributed by atoms with E-state index in [1.54, 1.807) is 17.4 Å². The summed E-state index contributed by atoms with van der Waals surface area (Å²) >= 11 is 11.3. The first-order chi connectivity index (χ1) is 9.65. The summed E-state index contributed by atoms with van der Waals surface area (Å²) in [5.74, 6) is -0.294. The molecule has 1 nitrogen and oxygen atoms in total. The number of rotatable bonds is 3. The number of para-hydroxylation sites is 1. The molecule has 0 aliphatic carbocycles. The number of alkyl halides is 1. The molecular weight excluding hydrogens is 361 g/mol. The van der Waals surface area contributed by atoms with Crippen LogP contribution in [0.3, 0.4) is 0 Å². The lowest BCUT2D eigenvalue weighted by Crippen LogP contribution is -1.98. The van der Waals surface area contributed by atoms with Gasteiger partial charge in [-0.15, -0.1) is 22.9 Å². The molecule has 1 atom stereocenters. The predicted octanol–water partition coefficient (Wildman–Crippen LogP) is 5.72. The van der Waals surface area contributed by atoms with Crippen LogP contribution in [0, 0.1) is 5.82 Å². The minimum atomic E-state index is -0.305. The lowest BCUT2D eigenvalue weighted by molar-refractivity contribution is 0.617. The first-order valence-electron chi connectivity index (χ1n) is 6.07. The van der Waals surface area contributed by atoms with Crippen LogP contribution in [0.4, 0.5) is 4.39 Å². The number of hydrogen-bond donors (Lipinski definition) is 0. The van der Waals surface area contributed by atoms with Gasteiger partial charge in [0.25, 0.3) is 0 Å². The highest BCUT2D eigenvalue weighted by Gasteiger charge is 2.16. The monoisotopic (exact) mass is 369 g/mol. The number of aromatic nitrogens is 1. The molecule has 1 unspecified atom stereocenters. The highest BCUT2D eigenvalue weighted by atomic mass is 79.9. The number of nitrogens with zero attached hydrogens (tertiary/aromatic N) is 1. The van der Waals surface area contributed by atoms with Gasteiger partial charge in [0.2, 0.25) is 0 Å². The van der Waals surface area contributed by atoms with E-state index in [1.807, 2.05) is 30.3 Å². The molecular formula is C15H10BrClFNS.